The third-order valence-corrected chi connectivity index (χ3v) is 16.9. The Balaban J connectivity index is 1.30. The number of benzene rings is 5. The summed E-state index contributed by atoms with van der Waals surface area (Å²) in [5, 5.41) is 124. The van der Waals surface area contributed by atoms with Gasteiger partial charge < -0.3 is 107 Å². The Bertz CT molecular complexity index is 3960. The minimum Gasteiger partial charge on any atom is -0.508 e. The van der Waals surface area contributed by atoms with Crippen molar-refractivity contribution < 1.29 is 118 Å². The molecule has 5 unspecified atom stereocenters. The van der Waals surface area contributed by atoms with Gasteiger partial charge >= 0.3 is 12.1 Å². The number of phenolic OH excluding ortho intramolecular Hbond substituents is 3. The van der Waals surface area contributed by atoms with Crippen LogP contribution >= 0.6 is 23.2 Å². The number of phenols is 3. The number of aromatic hydroxyl groups is 3. The van der Waals surface area contributed by atoms with Crippen LogP contribution in [-0.4, -0.2) is 165 Å². The van der Waals surface area contributed by atoms with Crippen LogP contribution in [0.5, 0.6) is 46.0 Å². The zero-order chi connectivity index (χ0) is 71.0. The lowest BCUT2D eigenvalue weighted by Crippen LogP contribution is -2.60. The number of hydrogen-bond donors (Lipinski definition) is 16. The van der Waals surface area contributed by atoms with Gasteiger partial charge in [-0.3, -0.25) is 33.6 Å². The van der Waals surface area contributed by atoms with E-state index in [1.54, 1.807) is 34.6 Å². The topological polar surface area (TPSA) is 488 Å². The van der Waals surface area contributed by atoms with E-state index in [9.17, 15) is 75.0 Å². The van der Waals surface area contributed by atoms with E-state index < -0.39 is 231 Å². The molecule has 11 rings (SSSR count). The highest BCUT2D eigenvalue weighted by Gasteiger charge is 2.47. The van der Waals surface area contributed by atoms with Gasteiger partial charge in [0.05, 0.1) is 28.5 Å². The van der Waals surface area contributed by atoms with Crippen molar-refractivity contribution in [1.82, 2.24) is 26.6 Å². The smallest absolute Gasteiger partial charge is 0.408 e. The zero-order valence-corrected chi connectivity index (χ0v) is 53.7. The fraction of sp³-hybridized carbons (Fsp3) is 0.400. The van der Waals surface area contributed by atoms with Crippen LogP contribution in [0.4, 0.5) is 4.79 Å². The molecule has 0 spiro atoms. The second-order valence-electron chi connectivity index (χ2n) is 25.1. The summed E-state index contributed by atoms with van der Waals surface area (Å²) in [5.74, 6) is -19.5. The Kier molecular flexibility index (Phi) is 21.6. The Morgan fingerprint density at radius 2 is 1.32 bits per heavy atom. The summed E-state index contributed by atoms with van der Waals surface area (Å²) in [6, 6.07) is 3.50. The monoisotopic (exact) mass is 1390 g/mol. The Morgan fingerprint density at radius 3 is 1.90 bits per heavy atom. The molecule has 32 heteroatoms. The average molecular weight is 1390 g/mol. The predicted octanol–water partition coefficient (Wildman–Crippen LogP) is 3.15. The maximum atomic E-state index is 16.0. The molecular formula is C65H70Cl2N6O24. The van der Waals surface area contributed by atoms with Crippen molar-refractivity contribution in [1.29, 1.82) is 0 Å². The predicted molar refractivity (Wildman–Crippen MR) is 336 cm³/mol. The molecule has 0 aromatic heterocycles. The normalized spacial score (nSPS) is 25.6. The van der Waals surface area contributed by atoms with Gasteiger partial charge in [0, 0.05) is 42.0 Å². The summed E-state index contributed by atoms with van der Waals surface area (Å²) in [6.07, 6.45) is -18.4. The quantitative estimate of drug-likeness (QED) is 0.0903. The van der Waals surface area contributed by atoms with Gasteiger partial charge in [-0.15, -0.1) is 0 Å². The van der Waals surface area contributed by atoms with Gasteiger partial charge in [0.15, 0.2) is 29.1 Å². The first-order valence-corrected chi connectivity index (χ1v) is 31.0. The van der Waals surface area contributed by atoms with Crippen molar-refractivity contribution in [3.8, 4) is 57.1 Å². The number of ketones is 2. The third kappa shape index (κ3) is 16.0. The van der Waals surface area contributed by atoms with Crippen molar-refractivity contribution >= 4 is 76.4 Å². The number of nitrogens with one attached hydrogen (secondary N) is 5. The lowest BCUT2D eigenvalue weighted by molar-refractivity contribution is -0.277. The number of carbonyl (C=O) groups is 9. The molecule has 11 bridgehead atoms. The van der Waals surface area contributed by atoms with Crippen LogP contribution in [0.2, 0.25) is 10.0 Å². The highest BCUT2D eigenvalue weighted by Crippen LogP contribution is 2.50. The van der Waals surface area contributed by atoms with Crippen molar-refractivity contribution in [2.24, 2.45) is 17.6 Å². The molecule has 14 atom stereocenters. The van der Waals surface area contributed by atoms with E-state index in [0.717, 1.165) is 72.8 Å². The van der Waals surface area contributed by atoms with E-state index in [2.05, 4.69) is 26.6 Å². The standard InChI is InChI=1S/C65H70Cl2N6O24/c1-24(2)12-36(69-64(92)97-65(3,4)5)60(88)72-50-39(78)16-29(19-46(68)80)58(86)70-48-28-17-43(93-41-10-7-26(52(50)81)14-34(41)66)57(96-63-56(85)55(84)54(83)45(23-74)95-63)44(18-28)94-42-11-8-27(15-35(42)67)53(82)51-61(89)71-49(62(90)91)33-20-30(75)21-38(77)47(33)32-13-25(6-9-37(32)76)31(22-40(48)79)59(87)73-51/h6-11,13-15,17-18,20-21,24,29,31,36,45,48-56,63,74-77,81-85H,12,16,19,22-23H2,1-5H3,(H2,68,80)(H,69,92)(H,70,86)(H,71,89)(H,72,88)(H,73,87)(H,90,91)/t29-,31+,36+,45?,48+,49-,50-,51+,52+,53+,54?,55?,56?,63?/m0/s1. The van der Waals surface area contributed by atoms with Gasteiger partial charge in [0.1, 0.15) is 95.1 Å². The number of ether oxygens (including phenoxy) is 5. The number of hydrogen-bond acceptors (Lipinski definition) is 23. The molecule has 5 aromatic rings. The van der Waals surface area contributed by atoms with Crippen molar-refractivity contribution in [2.75, 3.05) is 6.61 Å². The number of fused-ring (bicyclic) bond motifs is 15. The molecule has 518 valence electrons. The van der Waals surface area contributed by atoms with Crippen LogP contribution < -0.4 is 46.5 Å². The van der Waals surface area contributed by atoms with Crippen LogP contribution in [0.1, 0.15) is 118 Å². The highest BCUT2D eigenvalue weighted by molar-refractivity contribution is 6.32. The number of amides is 6. The summed E-state index contributed by atoms with van der Waals surface area (Å²) in [4.78, 5) is 130. The molecule has 6 heterocycles. The fourth-order valence-corrected chi connectivity index (χ4v) is 12.0. The summed E-state index contributed by atoms with van der Waals surface area (Å²) < 4.78 is 30.4. The van der Waals surface area contributed by atoms with E-state index in [0.29, 0.717) is 0 Å². The molecule has 0 saturated carbocycles. The number of aliphatic hydroxyl groups is 6. The van der Waals surface area contributed by atoms with Crippen molar-refractivity contribution in [3.05, 3.63) is 117 Å². The first kappa shape index (κ1) is 71.9. The molecule has 6 amide bonds. The van der Waals surface area contributed by atoms with Gasteiger partial charge in [-0.05, 0) is 110 Å². The zero-order valence-electron chi connectivity index (χ0n) is 52.2. The Morgan fingerprint density at radius 1 is 0.701 bits per heavy atom. The number of carboxylic acid groups (broad SMARTS) is 1. The molecule has 6 aliphatic heterocycles. The van der Waals surface area contributed by atoms with Crippen molar-refractivity contribution in [3.63, 3.8) is 0 Å². The third-order valence-electron chi connectivity index (χ3n) is 16.3. The maximum absolute atomic E-state index is 16.0. The number of rotatable bonds is 11. The summed E-state index contributed by atoms with van der Waals surface area (Å²) in [6.45, 7) is 7.21. The number of nitrogens with two attached hydrogens (primary N) is 1. The Labute approximate surface area is 561 Å². The molecule has 97 heavy (non-hydrogen) atoms. The van der Waals surface area contributed by atoms with E-state index >= 15 is 19.2 Å². The minimum atomic E-state index is -2.25. The SMILES string of the molecule is CC(C)C[C@@H](NC(=O)OC(C)(C)C)C(=O)N[C@H]1C(=O)C[C@@H](CC(N)=O)C(=O)N[C@H]2C(=O)C[C@H]3C(=O)N[C@@H](C(=O)N[C@H](C(=O)O)c4cc(O)cc(O)c4-c4cc3ccc4O)[C@H](O)c3ccc(c(Cl)c3)Oc3cc2cc(c3OC2OC(CO)C(O)C(O)C2O)Oc2ccc(cc2Cl)[C@H]1O. The Hall–Kier alpha value is -9.37. The molecule has 5 aromatic carbocycles. The molecule has 1 saturated heterocycles. The van der Waals surface area contributed by atoms with Gasteiger partial charge in [0.2, 0.25) is 41.6 Å². The van der Waals surface area contributed by atoms with Gasteiger partial charge in [-0.25, -0.2) is 9.59 Å². The van der Waals surface area contributed by atoms with E-state index in [1.165, 1.54) is 6.07 Å². The molecule has 30 nitrogen and oxygen atoms in total. The number of Topliss-reactive ketones (excluding diaryl/α,β-unsaturated/α-hetero) is 2. The fourth-order valence-electron chi connectivity index (χ4n) is 11.6. The average Bonchev–Trinajstić information content (AvgIpc) is 0.771. The summed E-state index contributed by atoms with van der Waals surface area (Å²) >= 11 is 13.9. The number of alkyl carbamates (subject to hydrolysis) is 1. The number of aliphatic hydroxyl groups excluding tert-OH is 6. The van der Waals surface area contributed by atoms with Crippen LogP contribution in [-0.2, 0) is 47.8 Å². The molecule has 0 aliphatic carbocycles. The van der Waals surface area contributed by atoms with Crippen LogP contribution in [0.15, 0.2) is 78.9 Å². The number of carboxylic acids is 1. The number of primary amides is 1. The van der Waals surface area contributed by atoms with E-state index in [4.69, 9.17) is 52.6 Å². The summed E-state index contributed by atoms with van der Waals surface area (Å²) in [7, 11) is 0. The molecule has 6 aliphatic rings. The largest absolute Gasteiger partial charge is 0.508 e. The summed E-state index contributed by atoms with van der Waals surface area (Å²) in [5.41, 5.74) is 2.12. The van der Waals surface area contributed by atoms with Gasteiger partial charge in [0.25, 0.3) is 0 Å². The van der Waals surface area contributed by atoms with Crippen LogP contribution in [0, 0.1) is 11.8 Å². The van der Waals surface area contributed by atoms with E-state index in [-0.39, 0.29) is 45.6 Å². The van der Waals surface area contributed by atoms with Crippen molar-refractivity contribution in [2.45, 2.75) is 145 Å². The first-order chi connectivity index (χ1) is 45.6. The lowest BCUT2D eigenvalue weighted by Gasteiger charge is -2.39. The number of aliphatic carboxylic acids is 1. The lowest BCUT2D eigenvalue weighted by atomic mass is 9.84. The van der Waals surface area contributed by atoms with Crippen LogP contribution in [0.25, 0.3) is 11.1 Å². The molecule has 0 radical (unpaired) electrons. The van der Waals surface area contributed by atoms with Gasteiger partial charge in [-0.2, -0.15) is 0 Å². The highest BCUT2D eigenvalue weighted by atomic mass is 35.5. The molecular weight excluding hydrogens is 1320 g/mol. The second-order valence-corrected chi connectivity index (χ2v) is 25.9. The first-order valence-electron chi connectivity index (χ1n) is 30.2. The number of carbonyl (C=O) groups excluding carboxylic acids is 8. The van der Waals surface area contributed by atoms with E-state index in [1.807, 2.05) is 0 Å². The minimum absolute atomic E-state index is 0.0547. The maximum Gasteiger partial charge on any atom is 0.408 e. The molecule has 17 N–H and O–H groups in total. The van der Waals surface area contributed by atoms with Crippen LogP contribution in [0.3, 0.4) is 0 Å². The second kappa shape index (κ2) is 29.1. The molecule has 1 fully saturated rings. The van der Waals surface area contributed by atoms with Gasteiger partial charge in [-0.1, -0.05) is 55.2 Å². The number of halogens is 2.